The molecule has 1 atom stereocenters. The Bertz CT molecular complexity index is 972. The number of carbonyl (C=O) groups excluding carboxylic acids is 1. The van der Waals surface area contributed by atoms with E-state index in [1.54, 1.807) is 0 Å². The number of rotatable bonds is 11. The quantitative estimate of drug-likeness (QED) is 0.206. The second-order valence-electron chi connectivity index (χ2n) is 9.97. The van der Waals surface area contributed by atoms with Crippen molar-refractivity contribution >= 4 is 25.4 Å². The number of unbranched alkanes of at least 4 members (excludes halogenated alkanes) is 2. The zero-order valence-electron chi connectivity index (χ0n) is 21.0. The average Bonchev–Trinajstić information content (AvgIpc) is 2.84. The Balaban J connectivity index is 1.79. The highest BCUT2D eigenvalue weighted by Gasteiger charge is 2.32. The highest BCUT2D eigenvalue weighted by atomic mass is 28.3. The topological polar surface area (TPSA) is 35.5 Å². The van der Waals surface area contributed by atoms with Gasteiger partial charge in [-0.25, -0.2) is 0 Å². The summed E-state index contributed by atoms with van der Waals surface area (Å²) in [4.78, 5) is 11.3. The number of aryl methyl sites for hydroxylation is 1. The van der Waals surface area contributed by atoms with Crippen LogP contribution in [0, 0.1) is 5.41 Å². The number of esters is 1. The van der Waals surface area contributed by atoms with Crippen molar-refractivity contribution in [1.82, 2.24) is 0 Å². The van der Waals surface area contributed by atoms with Gasteiger partial charge in [0.2, 0.25) is 9.04 Å². The van der Waals surface area contributed by atoms with Gasteiger partial charge in [-0.15, -0.1) is 0 Å². The average molecular weight is 475 g/mol. The molecule has 3 aromatic carbocycles. The SMILES string of the molecule is COC(=O)CCCCCc1cccc(C(O[SiH](c2ccccc2)c2ccccc2)C(C)(C)C)c1. The summed E-state index contributed by atoms with van der Waals surface area (Å²) in [5.74, 6) is -0.122. The van der Waals surface area contributed by atoms with Gasteiger partial charge in [0.1, 0.15) is 0 Å². The van der Waals surface area contributed by atoms with Crippen LogP contribution in [-0.4, -0.2) is 22.1 Å². The lowest BCUT2D eigenvalue weighted by Gasteiger charge is -2.35. The zero-order valence-corrected chi connectivity index (χ0v) is 22.2. The minimum atomic E-state index is -1.88. The van der Waals surface area contributed by atoms with Crippen molar-refractivity contribution in [2.75, 3.05) is 7.11 Å². The molecule has 0 N–H and O–H groups in total. The van der Waals surface area contributed by atoms with Crippen LogP contribution in [0.5, 0.6) is 0 Å². The van der Waals surface area contributed by atoms with Crippen LogP contribution in [0.2, 0.25) is 0 Å². The lowest BCUT2D eigenvalue weighted by Crippen LogP contribution is -2.47. The van der Waals surface area contributed by atoms with Gasteiger partial charge in [0.15, 0.2) is 0 Å². The van der Waals surface area contributed by atoms with Crippen molar-refractivity contribution < 1.29 is 14.0 Å². The molecule has 1 unspecified atom stereocenters. The number of benzene rings is 3. The van der Waals surface area contributed by atoms with Gasteiger partial charge >= 0.3 is 5.97 Å². The van der Waals surface area contributed by atoms with Gasteiger partial charge in [-0.05, 0) is 46.2 Å². The monoisotopic (exact) mass is 474 g/mol. The molecule has 0 aliphatic heterocycles. The molecule has 34 heavy (non-hydrogen) atoms. The summed E-state index contributed by atoms with van der Waals surface area (Å²) in [6, 6.07) is 30.2. The number of methoxy groups -OCH3 is 1. The summed E-state index contributed by atoms with van der Waals surface area (Å²) in [5.41, 5.74) is 2.52. The smallest absolute Gasteiger partial charge is 0.305 e. The van der Waals surface area contributed by atoms with Gasteiger partial charge in [0.05, 0.1) is 13.2 Å². The van der Waals surface area contributed by atoms with Crippen molar-refractivity contribution in [3.63, 3.8) is 0 Å². The van der Waals surface area contributed by atoms with Crippen LogP contribution in [0.25, 0.3) is 0 Å². The lowest BCUT2D eigenvalue weighted by atomic mass is 9.84. The maximum absolute atomic E-state index is 11.3. The normalized spacial score (nSPS) is 12.5. The van der Waals surface area contributed by atoms with Gasteiger partial charge in [0.25, 0.3) is 0 Å². The van der Waals surface area contributed by atoms with Gasteiger partial charge in [-0.2, -0.15) is 0 Å². The summed E-state index contributed by atoms with van der Waals surface area (Å²) in [7, 11) is -0.433. The van der Waals surface area contributed by atoms with Crippen LogP contribution >= 0.6 is 0 Å². The predicted octanol–water partition coefficient (Wildman–Crippen LogP) is 5.60. The Morgan fingerprint density at radius 1 is 0.824 bits per heavy atom. The first-order valence-corrected chi connectivity index (χ1v) is 13.9. The molecule has 4 heteroatoms. The fourth-order valence-corrected chi connectivity index (χ4v) is 6.99. The molecule has 0 spiro atoms. The van der Waals surface area contributed by atoms with Crippen molar-refractivity contribution in [2.45, 2.75) is 59.0 Å². The van der Waals surface area contributed by atoms with E-state index in [2.05, 4.69) is 106 Å². The minimum Gasteiger partial charge on any atom is -0.469 e. The van der Waals surface area contributed by atoms with Gasteiger partial charge in [-0.3, -0.25) is 4.79 Å². The Morgan fingerprint density at radius 3 is 2.00 bits per heavy atom. The van der Waals surface area contributed by atoms with E-state index in [1.165, 1.54) is 28.6 Å². The molecule has 0 saturated heterocycles. The molecule has 3 nitrogen and oxygen atoms in total. The molecule has 0 amide bonds. The first-order chi connectivity index (χ1) is 16.4. The molecule has 0 aliphatic carbocycles. The number of carbonyl (C=O) groups is 1. The fourth-order valence-electron chi connectivity index (χ4n) is 4.31. The molecule has 0 heterocycles. The standard InChI is InChI=1S/C30H38O3Si/c1-30(2,3)29(25-17-14-16-24(23-25)15-8-5-13-22-28(31)32-4)33-34(26-18-9-6-10-19-26)27-20-11-7-12-21-27/h6-7,9-12,14,16-21,23,29,34H,5,8,13,15,22H2,1-4H3. The highest BCUT2D eigenvalue weighted by Crippen LogP contribution is 2.37. The molecule has 3 aromatic rings. The third-order valence-corrected chi connectivity index (χ3v) is 8.62. The molecule has 0 aliphatic rings. The van der Waals surface area contributed by atoms with Crippen molar-refractivity contribution in [2.24, 2.45) is 5.41 Å². The maximum atomic E-state index is 11.3. The van der Waals surface area contributed by atoms with Crippen molar-refractivity contribution in [3.05, 3.63) is 96.1 Å². The predicted molar refractivity (Wildman–Crippen MR) is 143 cm³/mol. The number of hydrogen-bond donors (Lipinski definition) is 0. The molecular weight excluding hydrogens is 436 g/mol. The van der Waals surface area contributed by atoms with E-state index >= 15 is 0 Å². The fraction of sp³-hybridized carbons (Fsp3) is 0.367. The van der Waals surface area contributed by atoms with Crippen LogP contribution in [0.4, 0.5) is 0 Å². The van der Waals surface area contributed by atoms with Crippen LogP contribution in [0.15, 0.2) is 84.9 Å². The van der Waals surface area contributed by atoms with E-state index in [-0.39, 0.29) is 17.5 Å². The first-order valence-electron chi connectivity index (χ1n) is 12.3. The van der Waals surface area contributed by atoms with Crippen molar-refractivity contribution in [3.8, 4) is 0 Å². The summed E-state index contributed by atoms with van der Waals surface area (Å²) in [6.45, 7) is 6.79. The molecule has 180 valence electrons. The Morgan fingerprint density at radius 2 is 1.44 bits per heavy atom. The van der Waals surface area contributed by atoms with Gasteiger partial charge in [0, 0.05) is 6.42 Å². The van der Waals surface area contributed by atoms with Crippen LogP contribution in [-0.2, 0) is 20.4 Å². The molecule has 0 bridgehead atoms. The van der Waals surface area contributed by atoms with E-state index in [0.29, 0.717) is 6.42 Å². The van der Waals surface area contributed by atoms with Crippen LogP contribution in [0.3, 0.4) is 0 Å². The molecular formula is C30H38O3Si. The van der Waals surface area contributed by atoms with E-state index in [4.69, 9.17) is 9.16 Å². The summed E-state index contributed by atoms with van der Waals surface area (Å²) in [6.07, 6.45) is 4.46. The molecule has 0 saturated carbocycles. The number of ether oxygens (including phenoxy) is 1. The third kappa shape index (κ3) is 7.68. The maximum Gasteiger partial charge on any atom is 0.305 e. The van der Waals surface area contributed by atoms with Crippen LogP contribution < -0.4 is 10.4 Å². The van der Waals surface area contributed by atoms with E-state index in [9.17, 15) is 4.79 Å². The van der Waals surface area contributed by atoms with Crippen LogP contribution in [0.1, 0.15) is 63.7 Å². The minimum absolute atomic E-state index is 0.0103. The molecule has 0 radical (unpaired) electrons. The summed E-state index contributed by atoms with van der Waals surface area (Å²) >= 11 is 0. The molecule has 3 rings (SSSR count). The second-order valence-corrected chi connectivity index (χ2v) is 12.3. The summed E-state index contributed by atoms with van der Waals surface area (Å²) in [5, 5.41) is 2.59. The Hall–Kier alpha value is -2.69. The zero-order chi connectivity index (χ0) is 24.4. The summed E-state index contributed by atoms with van der Waals surface area (Å²) < 4.78 is 11.8. The third-order valence-electron chi connectivity index (χ3n) is 6.09. The molecule has 0 fully saturated rings. The highest BCUT2D eigenvalue weighted by molar-refractivity contribution is 6.80. The molecule has 0 aromatic heterocycles. The Labute approximate surface area is 206 Å². The van der Waals surface area contributed by atoms with Gasteiger partial charge in [-0.1, -0.05) is 112 Å². The first kappa shape index (κ1) is 25.9. The van der Waals surface area contributed by atoms with E-state index in [1.807, 2.05) is 0 Å². The van der Waals surface area contributed by atoms with Gasteiger partial charge < -0.3 is 9.16 Å². The second kappa shape index (κ2) is 12.7. The van der Waals surface area contributed by atoms with Crippen molar-refractivity contribution in [1.29, 1.82) is 0 Å². The largest absolute Gasteiger partial charge is 0.469 e. The number of hydrogen-bond acceptors (Lipinski definition) is 3. The Kier molecular flexibility index (Phi) is 9.67. The van der Waals surface area contributed by atoms with E-state index in [0.717, 1.165) is 25.7 Å². The lowest BCUT2D eigenvalue weighted by molar-refractivity contribution is -0.140. The van der Waals surface area contributed by atoms with E-state index < -0.39 is 9.04 Å².